The minimum atomic E-state index is -0.260. The zero-order valence-corrected chi connectivity index (χ0v) is 11.8. The van der Waals surface area contributed by atoms with Crippen molar-refractivity contribution in [2.24, 2.45) is 0 Å². The minimum Gasteiger partial charge on any atom is -0.339 e. The van der Waals surface area contributed by atoms with Crippen LogP contribution in [0.25, 0.3) is 28.4 Å². The lowest BCUT2D eigenvalue weighted by Gasteiger charge is -2.03. The highest BCUT2D eigenvalue weighted by Crippen LogP contribution is 2.23. The lowest BCUT2D eigenvalue weighted by Crippen LogP contribution is -2.14. The highest BCUT2D eigenvalue weighted by Gasteiger charge is 2.14. The summed E-state index contributed by atoms with van der Waals surface area (Å²) in [5.74, 6) is 0.291. The minimum absolute atomic E-state index is 0.260. The van der Waals surface area contributed by atoms with Crippen molar-refractivity contribution in [3.63, 3.8) is 0 Å². The summed E-state index contributed by atoms with van der Waals surface area (Å²) in [5.41, 5.74) is 2.27. The Bertz CT molecular complexity index is 1000. The van der Waals surface area contributed by atoms with Crippen molar-refractivity contribution in [2.75, 3.05) is 0 Å². The lowest BCUT2D eigenvalue weighted by atomic mass is 10.1. The summed E-state index contributed by atoms with van der Waals surface area (Å²) in [6.07, 6.45) is 2.80. The molecule has 0 aliphatic carbocycles. The van der Waals surface area contributed by atoms with E-state index in [9.17, 15) is 4.79 Å². The predicted molar refractivity (Wildman–Crippen MR) is 79.6 cm³/mol. The van der Waals surface area contributed by atoms with Crippen LogP contribution < -0.4 is 5.56 Å². The molecule has 4 rings (SSSR count). The molecule has 8 heteroatoms. The van der Waals surface area contributed by atoms with E-state index < -0.39 is 0 Å². The second-order valence-corrected chi connectivity index (χ2v) is 5.03. The van der Waals surface area contributed by atoms with E-state index in [2.05, 4.69) is 20.2 Å². The quantitative estimate of drug-likeness (QED) is 0.613. The summed E-state index contributed by atoms with van der Waals surface area (Å²) < 4.78 is 6.28. The summed E-state index contributed by atoms with van der Waals surface area (Å²) in [6.45, 7) is 0. The molecule has 22 heavy (non-hydrogen) atoms. The third-order valence-corrected chi connectivity index (χ3v) is 3.50. The number of hydrogen-bond donors (Lipinski definition) is 1. The van der Waals surface area contributed by atoms with Gasteiger partial charge in [0, 0.05) is 11.1 Å². The zero-order valence-electron chi connectivity index (χ0n) is 11.0. The van der Waals surface area contributed by atoms with Gasteiger partial charge in [-0.25, -0.2) is 0 Å². The van der Waals surface area contributed by atoms with Crippen molar-refractivity contribution in [3.8, 4) is 22.7 Å². The molecule has 108 valence electrons. The monoisotopic (exact) mass is 313 g/mol. The van der Waals surface area contributed by atoms with Crippen molar-refractivity contribution in [1.29, 1.82) is 0 Å². The first kappa shape index (κ1) is 12.8. The summed E-state index contributed by atoms with van der Waals surface area (Å²) >= 11 is 5.89. The van der Waals surface area contributed by atoms with Crippen LogP contribution in [-0.2, 0) is 0 Å². The molecule has 0 amide bonds. The van der Waals surface area contributed by atoms with Gasteiger partial charge < -0.3 is 9.51 Å². The number of rotatable bonds is 2. The van der Waals surface area contributed by atoms with E-state index in [4.69, 9.17) is 16.1 Å². The fourth-order valence-corrected chi connectivity index (χ4v) is 2.34. The van der Waals surface area contributed by atoms with Crippen LogP contribution in [0.4, 0.5) is 0 Å². The number of H-pyrrole nitrogens is 1. The summed E-state index contributed by atoms with van der Waals surface area (Å²) in [5, 5.41) is 8.24. The van der Waals surface area contributed by atoms with Crippen LogP contribution in [0.3, 0.4) is 0 Å². The Morgan fingerprint density at radius 1 is 1.23 bits per heavy atom. The summed E-state index contributed by atoms with van der Waals surface area (Å²) in [7, 11) is 0. The number of nitrogens with zero attached hydrogens (tertiary/aromatic N) is 4. The topological polar surface area (TPSA) is 89.1 Å². The molecule has 0 aliphatic rings. The fourth-order valence-electron chi connectivity index (χ4n) is 2.22. The highest BCUT2D eigenvalue weighted by atomic mass is 35.5. The standard InChI is InChI=1S/C14H8ClN5O2/c15-9-3-1-8(2-4-9)11-5-12(21)20-13(19-11)10(6-17-20)14-16-7-18-22-14/h1-7,19H. The molecule has 0 saturated carbocycles. The van der Waals surface area contributed by atoms with E-state index in [1.54, 1.807) is 12.1 Å². The van der Waals surface area contributed by atoms with Crippen molar-refractivity contribution >= 4 is 17.2 Å². The molecule has 0 spiro atoms. The molecule has 3 aromatic heterocycles. The molecule has 1 aromatic carbocycles. The number of halogens is 1. The number of nitrogens with one attached hydrogen (secondary N) is 1. The van der Waals surface area contributed by atoms with Crippen molar-refractivity contribution < 1.29 is 4.52 Å². The molecule has 1 N–H and O–H groups in total. The average Bonchev–Trinajstić information content (AvgIpc) is 3.16. The maximum absolute atomic E-state index is 12.2. The van der Waals surface area contributed by atoms with Crippen LogP contribution in [0, 0.1) is 0 Å². The molecule has 4 aromatic rings. The van der Waals surface area contributed by atoms with E-state index in [-0.39, 0.29) is 5.56 Å². The Morgan fingerprint density at radius 2 is 2.05 bits per heavy atom. The van der Waals surface area contributed by atoms with Gasteiger partial charge in [-0.3, -0.25) is 4.79 Å². The molecular formula is C14H8ClN5O2. The summed E-state index contributed by atoms with van der Waals surface area (Å²) in [4.78, 5) is 19.4. The molecular weight excluding hydrogens is 306 g/mol. The Morgan fingerprint density at radius 3 is 2.77 bits per heavy atom. The van der Waals surface area contributed by atoms with Crippen LogP contribution in [0.15, 0.2) is 52.2 Å². The molecule has 0 bridgehead atoms. The van der Waals surface area contributed by atoms with Crippen LogP contribution in [0.1, 0.15) is 0 Å². The highest BCUT2D eigenvalue weighted by molar-refractivity contribution is 6.30. The second-order valence-electron chi connectivity index (χ2n) is 4.59. The summed E-state index contributed by atoms with van der Waals surface area (Å²) in [6, 6.07) is 8.64. The second kappa shape index (κ2) is 4.81. The van der Waals surface area contributed by atoms with E-state index in [1.807, 2.05) is 12.1 Å². The zero-order chi connectivity index (χ0) is 15.1. The molecule has 0 aliphatic heterocycles. The Balaban J connectivity index is 1.96. The molecule has 0 radical (unpaired) electrons. The molecule has 0 fully saturated rings. The van der Waals surface area contributed by atoms with Gasteiger partial charge in [-0.15, -0.1) is 0 Å². The van der Waals surface area contributed by atoms with Crippen LogP contribution in [0.2, 0.25) is 5.02 Å². The van der Waals surface area contributed by atoms with Crippen molar-refractivity contribution in [1.82, 2.24) is 24.7 Å². The number of aromatic amines is 1. The van der Waals surface area contributed by atoms with Crippen molar-refractivity contribution in [2.45, 2.75) is 0 Å². The van der Waals surface area contributed by atoms with E-state index >= 15 is 0 Å². The van der Waals surface area contributed by atoms with Gasteiger partial charge in [0.05, 0.1) is 11.9 Å². The van der Waals surface area contributed by atoms with Crippen LogP contribution in [0.5, 0.6) is 0 Å². The maximum atomic E-state index is 12.2. The van der Waals surface area contributed by atoms with Gasteiger partial charge in [-0.2, -0.15) is 14.6 Å². The van der Waals surface area contributed by atoms with Gasteiger partial charge in [0.1, 0.15) is 5.56 Å². The number of hydrogen-bond acceptors (Lipinski definition) is 5. The van der Waals surface area contributed by atoms with E-state index in [0.29, 0.717) is 27.8 Å². The Hall–Kier alpha value is -2.93. The predicted octanol–water partition coefficient (Wildman–Crippen LogP) is 2.39. The van der Waals surface area contributed by atoms with Crippen LogP contribution in [-0.4, -0.2) is 24.7 Å². The fraction of sp³-hybridized carbons (Fsp3) is 0. The smallest absolute Gasteiger partial charge is 0.274 e. The lowest BCUT2D eigenvalue weighted by molar-refractivity contribution is 0.430. The molecule has 7 nitrogen and oxygen atoms in total. The number of aromatic nitrogens is 5. The van der Waals surface area contributed by atoms with E-state index in [1.165, 1.54) is 23.1 Å². The molecule has 3 heterocycles. The average molecular weight is 314 g/mol. The normalized spacial score (nSPS) is 11.1. The van der Waals surface area contributed by atoms with Gasteiger partial charge in [-0.1, -0.05) is 28.9 Å². The van der Waals surface area contributed by atoms with Gasteiger partial charge in [0.25, 0.3) is 11.4 Å². The van der Waals surface area contributed by atoms with Crippen molar-refractivity contribution in [3.05, 3.63) is 58.2 Å². The molecule has 0 saturated heterocycles. The first-order valence-corrected chi connectivity index (χ1v) is 6.74. The van der Waals surface area contributed by atoms with Gasteiger partial charge in [0.2, 0.25) is 0 Å². The van der Waals surface area contributed by atoms with Crippen LogP contribution >= 0.6 is 11.6 Å². The van der Waals surface area contributed by atoms with Gasteiger partial charge >= 0.3 is 0 Å². The maximum Gasteiger partial charge on any atom is 0.274 e. The third kappa shape index (κ3) is 1.99. The molecule has 0 atom stereocenters. The van der Waals surface area contributed by atoms with Gasteiger partial charge in [0.15, 0.2) is 12.0 Å². The SMILES string of the molecule is O=c1cc(-c2ccc(Cl)cc2)[nH]c2c(-c3ncno3)cnn12. The third-order valence-electron chi connectivity index (χ3n) is 3.25. The number of benzene rings is 1. The van der Waals surface area contributed by atoms with E-state index in [0.717, 1.165) is 5.56 Å². The Labute approximate surface area is 128 Å². The first-order valence-electron chi connectivity index (χ1n) is 6.36. The Kier molecular flexibility index (Phi) is 2.80. The molecule has 0 unspecified atom stereocenters. The largest absolute Gasteiger partial charge is 0.339 e. The number of fused-ring (bicyclic) bond motifs is 1. The van der Waals surface area contributed by atoms with Gasteiger partial charge in [-0.05, 0) is 17.7 Å². The first-order chi connectivity index (χ1) is 10.7.